The van der Waals surface area contributed by atoms with Crippen molar-refractivity contribution in [1.29, 1.82) is 0 Å². The van der Waals surface area contributed by atoms with Crippen LogP contribution >= 0.6 is 11.6 Å². The molecule has 2 aromatic rings. The molecule has 0 bridgehead atoms. The lowest BCUT2D eigenvalue weighted by atomic mass is 9.94. The van der Waals surface area contributed by atoms with Gasteiger partial charge >= 0.3 is 0 Å². The zero-order valence-electron chi connectivity index (χ0n) is 16.8. The molecule has 2 N–H and O–H groups in total. The summed E-state index contributed by atoms with van der Waals surface area (Å²) in [5.74, 6) is 1.76. The second-order valence-electron chi connectivity index (χ2n) is 7.95. The number of benzene rings is 1. The van der Waals surface area contributed by atoms with Gasteiger partial charge in [0.15, 0.2) is 11.5 Å². The van der Waals surface area contributed by atoms with Crippen molar-refractivity contribution in [3.05, 3.63) is 40.2 Å². The fraction of sp³-hybridized carbons (Fsp3) is 0.524. The van der Waals surface area contributed by atoms with E-state index >= 15 is 0 Å². The number of ether oxygens (including phenoxy) is 2. The van der Waals surface area contributed by atoms with E-state index < -0.39 is 0 Å². The summed E-state index contributed by atoms with van der Waals surface area (Å²) in [6, 6.07) is 4.02. The predicted molar refractivity (Wildman–Crippen MR) is 111 cm³/mol. The van der Waals surface area contributed by atoms with E-state index in [0.717, 1.165) is 37.2 Å². The molecular formula is C21H27ClN4O3. The lowest BCUT2D eigenvalue weighted by molar-refractivity contribution is 0.0941. The maximum absolute atomic E-state index is 12.4. The Morgan fingerprint density at radius 3 is 3.00 bits per heavy atom. The van der Waals surface area contributed by atoms with Gasteiger partial charge in [-0.1, -0.05) is 11.6 Å². The summed E-state index contributed by atoms with van der Waals surface area (Å²) >= 11 is 6.32. The highest BCUT2D eigenvalue weighted by atomic mass is 35.5. The van der Waals surface area contributed by atoms with Crippen molar-refractivity contribution in [1.82, 2.24) is 20.4 Å². The van der Waals surface area contributed by atoms with Crippen molar-refractivity contribution in [3.8, 4) is 11.5 Å². The third-order valence-corrected chi connectivity index (χ3v) is 5.54. The summed E-state index contributed by atoms with van der Waals surface area (Å²) in [7, 11) is 0. The number of halogens is 1. The molecule has 1 unspecified atom stereocenters. The molecule has 29 heavy (non-hydrogen) atoms. The Balaban J connectivity index is 1.35. The monoisotopic (exact) mass is 418 g/mol. The molecule has 8 heteroatoms. The second-order valence-corrected chi connectivity index (χ2v) is 8.35. The molecule has 0 saturated heterocycles. The topological polar surface area (TPSA) is 77.4 Å². The molecule has 0 spiro atoms. The number of hydrogen-bond acceptors (Lipinski definition) is 5. The Kier molecular flexibility index (Phi) is 5.96. The first-order valence-corrected chi connectivity index (χ1v) is 10.5. The molecule has 1 atom stereocenters. The van der Waals surface area contributed by atoms with Crippen LogP contribution in [0.3, 0.4) is 0 Å². The number of aromatic nitrogens is 2. The largest absolute Gasteiger partial charge is 0.486 e. The van der Waals surface area contributed by atoms with E-state index in [4.69, 9.17) is 21.1 Å². The summed E-state index contributed by atoms with van der Waals surface area (Å²) in [6.45, 7) is 7.40. The number of aryl methyl sites for hydroxylation is 1. The standard InChI is InChI=1S/C21H27ClN4O3/c1-13(2)25-21(27)16-12-24-26-4-3-14(8-18(16)26)10-23-11-15-7-17(22)20-19(9-15)28-5-6-29-20/h7,9,12-14,23H,3-6,8,10-11H2,1-2H3,(H,25,27). The van der Waals surface area contributed by atoms with Crippen molar-refractivity contribution < 1.29 is 14.3 Å². The van der Waals surface area contributed by atoms with Crippen LogP contribution in [0.15, 0.2) is 18.3 Å². The third-order valence-electron chi connectivity index (χ3n) is 5.26. The van der Waals surface area contributed by atoms with E-state index in [1.807, 2.05) is 30.7 Å². The molecule has 0 radical (unpaired) electrons. The molecule has 1 aromatic carbocycles. The van der Waals surface area contributed by atoms with Gasteiger partial charge in [0.25, 0.3) is 5.91 Å². The minimum absolute atomic E-state index is 0.0409. The van der Waals surface area contributed by atoms with Gasteiger partial charge in [-0.15, -0.1) is 0 Å². The molecule has 156 valence electrons. The number of carbonyl (C=O) groups is 1. The van der Waals surface area contributed by atoms with Crippen LogP contribution in [0.2, 0.25) is 5.02 Å². The number of nitrogens with zero attached hydrogens (tertiary/aromatic N) is 2. The van der Waals surface area contributed by atoms with Gasteiger partial charge < -0.3 is 20.1 Å². The Labute approximate surface area is 175 Å². The van der Waals surface area contributed by atoms with E-state index in [-0.39, 0.29) is 11.9 Å². The second kappa shape index (κ2) is 8.63. The van der Waals surface area contributed by atoms with Crippen LogP contribution in [0, 0.1) is 5.92 Å². The number of rotatable bonds is 6. The smallest absolute Gasteiger partial charge is 0.254 e. The highest BCUT2D eigenvalue weighted by molar-refractivity contribution is 6.32. The van der Waals surface area contributed by atoms with Crippen molar-refractivity contribution in [2.24, 2.45) is 5.92 Å². The van der Waals surface area contributed by atoms with Crippen LogP contribution in [0.25, 0.3) is 0 Å². The van der Waals surface area contributed by atoms with Gasteiger partial charge in [0.2, 0.25) is 0 Å². The minimum Gasteiger partial charge on any atom is -0.486 e. The van der Waals surface area contributed by atoms with Crippen LogP contribution in [0.1, 0.15) is 41.9 Å². The van der Waals surface area contributed by atoms with E-state index in [1.165, 1.54) is 0 Å². The Bertz CT molecular complexity index is 896. The highest BCUT2D eigenvalue weighted by Crippen LogP contribution is 2.38. The predicted octanol–water partition coefficient (Wildman–Crippen LogP) is 2.80. The van der Waals surface area contributed by atoms with Gasteiger partial charge in [0.1, 0.15) is 13.2 Å². The molecule has 7 nitrogen and oxygen atoms in total. The molecule has 2 aliphatic rings. The first-order valence-electron chi connectivity index (χ1n) is 10.2. The van der Waals surface area contributed by atoms with E-state index in [9.17, 15) is 4.79 Å². The molecule has 4 rings (SSSR count). The van der Waals surface area contributed by atoms with Gasteiger partial charge in [-0.05, 0) is 56.8 Å². The fourth-order valence-corrected chi connectivity index (χ4v) is 4.18. The summed E-state index contributed by atoms with van der Waals surface area (Å²) in [6.07, 6.45) is 3.57. The fourth-order valence-electron chi connectivity index (χ4n) is 3.89. The minimum atomic E-state index is -0.0409. The van der Waals surface area contributed by atoms with Crippen molar-refractivity contribution in [2.75, 3.05) is 19.8 Å². The molecule has 1 amide bonds. The number of amides is 1. The van der Waals surface area contributed by atoms with Gasteiger partial charge in [-0.2, -0.15) is 5.10 Å². The molecule has 2 aliphatic heterocycles. The quantitative estimate of drug-likeness (QED) is 0.754. The lowest BCUT2D eigenvalue weighted by Gasteiger charge is -2.25. The van der Waals surface area contributed by atoms with Crippen LogP contribution in [0.5, 0.6) is 11.5 Å². The zero-order chi connectivity index (χ0) is 20.4. The molecule has 0 fully saturated rings. The first-order chi connectivity index (χ1) is 14.0. The summed E-state index contributed by atoms with van der Waals surface area (Å²) in [5, 5.41) is 11.5. The third kappa shape index (κ3) is 4.51. The maximum Gasteiger partial charge on any atom is 0.254 e. The van der Waals surface area contributed by atoms with E-state index in [1.54, 1.807) is 6.20 Å². The summed E-state index contributed by atoms with van der Waals surface area (Å²) in [5.41, 5.74) is 2.79. The maximum atomic E-state index is 12.4. The normalized spacial score (nSPS) is 17.9. The van der Waals surface area contributed by atoms with Crippen LogP contribution in [0.4, 0.5) is 0 Å². The molecular weight excluding hydrogens is 392 g/mol. The highest BCUT2D eigenvalue weighted by Gasteiger charge is 2.25. The Morgan fingerprint density at radius 2 is 2.17 bits per heavy atom. The average molecular weight is 419 g/mol. The summed E-state index contributed by atoms with van der Waals surface area (Å²) in [4.78, 5) is 12.4. The van der Waals surface area contributed by atoms with Crippen LogP contribution < -0.4 is 20.1 Å². The zero-order valence-corrected chi connectivity index (χ0v) is 17.6. The van der Waals surface area contributed by atoms with Crippen molar-refractivity contribution >= 4 is 17.5 Å². The number of fused-ring (bicyclic) bond motifs is 2. The van der Waals surface area contributed by atoms with Crippen LogP contribution in [-0.4, -0.2) is 41.5 Å². The first kappa shape index (κ1) is 20.0. The van der Waals surface area contributed by atoms with Crippen molar-refractivity contribution in [2.45, 2.75) is 45.8 Å². The average Bonchev–Trinajstić information content (AvgIpc) is 3.11. The van der Waals surface area contributed by atoms with Gasteiger partial charge in [0.05, 0.1) is 22.5 Å². The van der Waals surface area contributed by atoms with Crippen molar-refractivity contribution in [3.63, 3.8) is 0 Å². The molecule has 1 aromatic heterocycles. The Morgan fingerprint density at radius 1 is 1.34 bits per heavy atom. The van der Waals surface area contributed by atoms with Gasteiger partial charge in [0, 0.05) is 19.1 Å². The van der Waals surface area contributed by atoms with E-state index in [0.29, 0.717) is 47.8 Å². The summed E-state index contributed by atoms with van der Waals surface area (Å²) < 4.78 is 13.2. The van der Waals surface area contributed by atoms with Gasteiger partial charge in [-0.3, -0.25) is 9.48 Å². The number of nitrogens with one attached hydrogen (secondary N) is 2. The van der Waals surface area contributed by atoms with Gasteiger partial charge in [-0.25, -0.2) is 0 Å². The Hall–Kier alpha value is -2.25. The molecule has 0 aliphatic carbocycles. The van der Waals surface area contributed by atoms with Crippen LogP contribution in [-0.2, 0) is 19.5 Å². The number of hydrogen-bond donors (Lipinski definition) is 2. The lowest BCUT2D eigenvalue weighted by Crippen LogP contribution is -2.33. The number of carbonyl (C=O) groups excluding carboxylic acids is 1. The molecule has 0 saturated carbocycles. The van der Waals surface area contributed by atoms with E-state index in [2.05, 4.69) is 15.7 Å². The molecule has 3 heterocycles. The SMILES string of the molecule is CC(C)NC(=O)c1cnn2c1CC(CNCc1cc(Cl)c3c(c1)OCCO3)CC2.